The van der Waals surface area contributed by atoms with Crippen molar-refractivity contribution in [3.63, 3.8) is 0 Å². The molecule has 213 valence electrons. The molecule has 0 amide bonds. The molecule has 5 aromatic rings. The van der Waals surface area contributed by atoms with E-state index in [1.165, 1.54) is 12.6 Å². The summed E-state index contributed by atoms with van der Waals surface area (Å²) in [7, 11) is -3.13. The molecular formula is C31H32N7O2SY-. The van der Waals surface area contributed by atoms with Crippen LogP contribution >= 0.6 is 0 Å². The van der Waals surface area contributed by atoms with Crippen molar-refractivity contribution >= 4 is 37.8 Å². The van der Waals surface area contributed by atoms with Gasteiger partial charge in [0.25, 0.3) is 0 Å². The quantitative estimate of drug-likeness (QED) is 0.282. The zero-order valence-electron chi connectivity index (χ0n) is 23.7. The fourth-order valence-electron chi connectivity index (χ4n) is 6.38. The van der Waals surface area contributed by atoms with Crippen LogP contribution in [0.5, 0.6) is 0 Å². The second-order valence-electron chi connectivity index (χ2n) is 11.2. The first kappa shape index (κ1) is 29.3. The number of fused-ring (bicyclic) bond motifs is 2. The van der Waals surface area contributed by atoms with Crippen molar-refractivity contribution in [3.05, 3.63) is 72.7 Å². The average molecular weight is 656 g/mol. The number of pyridine rings is 1. The van der Waals surface area contributed by atoms with Crippen LogP contribution in [0.25, 0.3) is 44.3 Å². The second kappa shape index (κ2) is 11.4. The number of hydrogen-bond donors (Lipinski definition) is 1. The van der Waals surface area contributed by atoms with E-state index in [0.29, 0.717) is 24.9 Å². The predicted octanol–water partition coefficient (Wildman–Crippen LogP) is 4.28. The number of aryl methyl sites for hydroxylation is 1. The molecule has 1 saturated heterocycles. The van der Waals surface area contributed by atoms with Gasteiger partial charge in [-0.2, -0.15) is 4.31 Å². The smallest absolute Gasteiger partial charge is 0.211 e. The minimum absolute atomic E-state index is 0. The Labute approximate surface area is 271 Å². The molecule has 2 aromatic carbocycles. The fraction of sp³-hybridized carbons (Fsp3) is 0.323. The van der Waals surface area contributed by atoms with Gasteiger partial charge in [0.15, 0.2) is 0 Å². The van der Waals surface area contributed by atoms with Crippen molar-refractivity contribution in [2.75, 3.05) is 38.2 Å². The van der Waals surface area contributed by atoms with Gasteiger partial charge in [-0.05, 0) is 42.1 Å². The van der Waals surface area contributed by atoms with Crippen molar-refractivity contribution in [1.82, 2.24) is 28.7 Å². The van der Waals surface area contributed by atoms with Gasteiger partial charge < -0.3 is 15.3 Å². The fourth-order valence-corrected chi connectivity index (χ4v) is 7.21. The third kappa shape index (κ3) is 5.17. The van der Waals surface area contributed by atoms with E-state index in [-0.39, 0.29) is 38.8 Å². The maximum atomic E-state index is 11.9. The van der Waals surface area contributed by atoms with E-state index < -0.39 is 10.0 Å². The molecule has 1 aliphatic heterocycles. The van der Waals surface area contributed by atoms with Gasteiger partial charge >= 0.3 is 0 Å². The van der Waals surface area contributed by atoms with Crippen molar-refractivity contribution < 1.29 is 41.1 Å². The average Bonchev–Trinajstić information content (AvgIpc) is 3.33. The number of aromatic nitrogens is 4. The molecule has 0 bridgehead atoms. The molecule has 11 heteroatoms. The van der Waals surface area contributed by atoms with Crippen LogP contribution in [0.15, 0.2) is 61.1 Å². The number of benzene rings is 2. The molecule has 42 heavy (non-hydrogen) atoms. The molecular weight excluding hydrogens is 623 g/mol. The van der Waals surface area contributed by atoms with Crippen LogP contribution in [0.4, 0.5) is 5.82 Å². The molecule has 4 heterocycles. The number of nitrogens with two attached hydrogens (primary N) is 1. The summed E-state index contributed by atoms with van der Waals surface area (Å²) >= 11 is 0. The summed E-state index contributed by atoms with van der Waals surface area (Å²) < 4.78 is 27.7. The van der Waals surface area contributed by atoms with E-state index in [1.807, 2.05) is 24.3 Å². The summed E-state index contributed by atoms with van der Waals surface area (Å²) in [5.41, 5.74) is 13.3. The van der Waals surface area contributed by atoms with E-state index >= 15 is 0 Å². The molecule has 0 unspecified atom stereocenters. The third-order valence-corrected chi connectivity index (χ3v) is 10.1. The Hall–Kier alpha value is -2.76. The Morgan fingerprint density at radius 1 is 0.952 bits per heavy atom. The number of rotatable bonds is 5. The van der Waals surface area contributed by atoms with Gasteiger partial charge in [-0.15, -0.1) is 23.6 Å². The molecule has 0 atom stereocenters. The summed E-state index contributed by atoms with van der Waals surface area (Å²) in [6.07, 6.45) is 6.98. The summed E-state index contributed by atoms with van der Waals surface area (Å²) in [6, 6.07) is 20.4. The summed E-state index contributed by atoms with van der Waals surface area (Å²) in [5.74, 6) is 0.466. The molecule has 7 rings (SSSR count). The van der Waals surface area contributed by atoms with Gasteiger partial charge in [0.2, 0.25) is 10.0 Å². The maximum absolute atomic E-state index is 11.9. The van der Waals surface area contributed by atoms with Gasteiger partial charge in [-0.3, -0.25) is 4.90 Å². The summed E-state index contributed by atoms with van der Waals surface area (Å²) in [6.45, 7) is 4.75. The Balaban J connectivity index is 0.00000316. The Bertz CT molecular complexity index is 1880. The first-order chi connectivity index (χ1) is 19.8. The van der Waals surface area contributed by atoms with Crippen LogP contribution in [0, 0.1) is 13.0 Å². The topological polar surface area (TPSA) is 110 Å². The molecule has 1 radical (unpaired) electrons. The SMILES string of the molecule is Cc1c(-c2cn(C3CC(N4CCN(S(C)(=O)=O)CC4)C3)c3ncnc(N)c23)ccc2[c-]cc(-c3ccccc3)nc12.[Y]. The molecule has 0 spiro atoms. The Kier molecular flexibility index (Phi) is 7.95. The number of anilines is 1. The normalized spacial score (nSPS) is 20.0. The van der Waals surface area contributed by atoms with E-state index in [1.54, 1.807) is 4.31 Å². The summed E-state index contributed by atoms with van der Waals surface area (Å²) in [4.78, 5) is 16.5. The van der Waals surface area contributed by atoms with Gasteiger partial charge in [-0.1, -0.05) is 42.0 Å². The van der Waals surface area contributed by atoms with Crippen LogP contribution in [-0.2, 0) is 42.7 Å². The molecule has 2 aliphatic rings. The van der Waals surface area contributed by atoms with E-state index in [2.05, 4.69) is 62.9 Å². The van der Waals surface area contributed by atoms with Crippen molar-refractivity contribution in [3.8, 4) is 22.4 Å². The first-order valence-corrected chi connectivity index (χ1v) is 15.8. The van der Waals surface area contributed by atoms with Crippen LogP contribution < -0.4 is 5.73 Å². The Morgan fingerprint density at radius 3 is 2.40 bits per heavy atom. The number of sulfonamides is 1. The standard InChI is InChI=1S/C31H32N7O2S.Y/c1-20-25(10-8-22-9-11-27(35-29(20)22)21-6-4-3-5-7-21)26-18-38(31-28(26)30(32)33-19-34-31)24-16-23(17-24)36-12-14-37(15-13-36)41(2,39)40;/h3-8,10-11,18-19,23-24H,12-17H2,1-2H3,(H2,32,33,34);/q-1;. The van der Waals surface area contributed by atoms with Gasteiger partial charge in [0.1, 0.15) is 17.8 Å². The molecule has 2 fully saturated rings. The zero-order chi connectivity index (χ0) is 28.3. The first-order valence-electron chi connectivity index (χ1n) is 14.0. The van der Waals surface area contributed by atoms with Crippen LogP contribution in [0.2, 0.25) is 0 Å². The second-order valence-corrected chi connectivity index (χ2v) is 13.2. The third-order valence-electron chi connectivity index (χ3n) is 8.77. The zero-order valence-corrected chi connectivity index (χ0v) is 27.4. The minimum atomic E-state index is -3.13. The van der Waals surface area contributed by atoms with Crippen molar-refractivity contribution in [1.29, 1.82) is 0 Å². The van der Waals surface area contributed by atoms with Crippen LogP contribution in [0.3, 0.4) is 0 Å². The van der Waals surface area contributed by atoms with Crippen molar-refractivity contribution in [2.24, 2.45) is 0 Å². The Morgan fingerprint density at radius 2 is 1.69 bits per heavy atom. The van der Waals surface area contributed by atoms with E-state index in [9.17, 15) is 8.42 Å². The van der Waals surface area contributed by atoms with Crippen LogP contribution in [-0.4, -0.2) is 75.6 Å². The van der Waals surface area contributed by atoms with Crippen LogP contribution in [0.1, 0.15) is 24.4 Å². The predicted molar refractivity (Wildman–Crippen MR) is 162 cm³/mol. The number of nitrogen functional groups attached to an aromatic ring is 1. The summed E-state index contributed by atoms with van der Waals surface area (Å²) in [5, 5.41) is 1.83. The van der Waals surface area contributed by atoms with E-state index in [0.717, 1.165) is 75.8 Å². The molecule has 1 aliphatic carbocycles. The van der Waals surface area contributed by atoms with Crippen molar-refractivity contribution in [2.45, 2.75) is 31.8 Å². The van der Waals surface area contributed by atoms with Gasteiger partial charge in [0.05, 0.1) is 11.6 Å². The minimum Gasteiger partial charge on any atom is -0.383 e. The monoisotopic (exact) mass is 655 g/mol. The molecule has 2 N–H and O–H groups in total. The molecule has 9 nitrogen and oxygen atoms in total. The molecule has 1 saturated carbocycles. The number of nitrogens with zero attached hydrogens (tertiary/aromatic N) is 6. The largest absolute Gasteiger partial charge is 0.383 e. The molecule has 3 aromatic heterocycles. The van der Waals surface area contributed by atoms with Gasteiger partial charge in [0, 0.05) is 82.7 Å². The van der Waals surface area contributed by atoms with E-state index in [4.69, 9.17) is 10.7 Å². The maximum Gasteiger partial charge on any atom is 0.211 e. The van der Waals surface area contributed by atoms with Gasteiger partial charge in [-0.25, -0.2) is 18.4 Å². The number of piperazine rings is 1. The number of hydrogen-bond acceptors (Lipinski definition) is 7.